The Morgan fingerprint density at radius 2 is 1.90 bits per heavy atom. The fourth-order valence-corrected chi connectivity index (χ4v) is 2.63. The Bertz CT molecular complexity index is 984. The first-order chi connectivity index (χ1) is 14.5. The Balaban J connectivity index is 2.24. The van der Waals surface area contributed by atoms with Gasteiger partial charge in [-0.05, 0) is 31.0 Å². The molecule has 0 saturated carbocycles. The molecule has 0 aliphatic heterocycles. The molecule has 2 amide bonds. The maximum absolute atomic E-state index is 14.2. The van der Waals surface area contributed by atoms with Crippen LogP contribution in [0.3, 0.4) is 0 Å². The number of hydrogen-bond acceptors (Lipinski definition) is 5. The third-order valence-electron chi connectivity index (χ3n) is 4.09. The molecule has 4 N–H and O–H groups in total. The molecule has 0 radical (unpaired) electrons. The molecule has 2 rings (SSSR count). The highest BCUT2D eigenvalue weighted by Gasteiger charge is 2.39. The summed E-state index contributed by atoms with van der Waals surface area (Å²) in [5.41, 5.74) is 4.61. The van der Waals surface area contributed by atoms with Crippen LogP contribution in [-0.2, 0) is 11.2 Å². The first-order valence-corrected chi connectivity index (χ1v) is 8.61. The number of amides is 2. The second-order valence-electron chi connectivity index (χ2n) is 6.14. The summed E-state index contributed by atoms with van der Waals surface area (Å²) >= 11 is 0. The Hall–Kier alpha value is -3.64. The molecule has 2 aromatic rings. The van der Waals surface area contributed by atoms with E-state index in [0.29, 0.717) is 6.07 Å². The number of carbonyl (C=O) groups is 2. The second-order valence-corrected chi connectivity index (χ2v) is 6.14. The van der Waals surface area contributed by atoms with Crippen LogP contribution in [0.4, 0.5) is 43.9 Å². The van der Waals surface area contributed by atoms with Crippen LogP contribution in [0.2, 0.25) is 0 Å². The summed E-state index contributed by atoms with van der Waals surface area (Å²) in [5.74, 6) is -5.25. The maximum atomic E-state index is 14.2. The number of nitrogens with two attached hydrogens (primary N) is 1. The quantitative estimate of drug-likeness (QED) is 0.558. The Morgan fingerprint density at radius 1 is 1.23 bits per heavy atom. The van der Waals surface area contributed by atoms with Crippen molar-refractivity contribution in [1.82, 2.24) is 4.98 Å². The SMILES string of the molecule is COc1ccc(N)c(N(CCCc2c(NC(=O)C(F)(F)F)ccc(F)c2F)C(=O)O)n1. The molecular weight excluding hydrogens is 431 g/mol. The number of methoxy groups -OCH3 is 1. The highest BCUT2D eigenvalue weighted by Crippen LogP contribution is 2.27. The average Bonchev–Trinajstić information content (AvgIpc) is 2.69. The number of benzene rings is 1. The Morgan fingerprint density at radius 3 is 2.48 bits per heavy atom. The van der Waals surface area contributed by atoms with E-state index in [1.54, 1.807) is 0 Å². The van der Waals surface area contributed by atoms with Crippen molar-refractivity contribution < 1.29 is 41.4 Å². The molecule has 0 bridgehead atoms. The molecule has 13 heteroatoms. The van der Waals surface area contributed by atoms with Gasteiger partial charge in [-0.2, -0.15) is 18.2 Å². The molecule has 0 spiro atoms. The van der Waals surface area contributed by atoms with Gasteiger partial charge in [0.05, 0.1) is 12.8 Å². The van der Waals surface area contributed by atoms with Crippen molar-refractivity contribution in [1.29, 1.82) is 0 Å². The monoisotopic (exact) mass is 448 g/mol. The van der Waals surface area contributed by atoms with Gasteiger partial charge in [0.1, 0.15) is 0 Å². The number of nitrogens with one attached hydrogen (secondary N) is 1. The minimum atomic E-state index is -5.24. The molecule has 31 heavy (non-hydrogen) atoms. The van der Waals surface area contributed by atoms with Crippen LogP contribution in [-0.4, -0.2) is 41.9 Å². The predicted molar refractivity (Wildman–Crippen MR) is 99.9 cm³/mol. The van der Waals surface area contributed by atoms with Crippen LogP contribution < -0.4 is 20.7 Å². The molecule has 0 saturated heterocycles. The zero-order valence-electron chi connectivity index (χ0n) is 16.0. The number of nitrogen functional groups attached to an aromatic ring is 1. The highest BCUT2D eigenvalue weighted by molar-refractivity contribution is 5.95. The standard InChI is InChI=1S/C18H17F5N4O4/c1-31-13-7-5-11(24)15(26-13)27(17(29)30)8-2-3-9-12(6-4-10(19)14(9)20)25-16(28)18(21,22)23/h4-7H,2-3,8,24H2,1H3,(H,25,28)(H,29,30). The lowest BCUT2D eigenvalue weighted by Gasteiger charge is -2.21. The highest BCUT2D eigenvalue weighted by atomic mass is 19.4. The average molecular weight is 448 g/mol. The minimum absolute atomic E-state index is 0.00161. The van der Waals surface area contributed by atoms with Gasteiger partial charge in [-0.1, -0.05) is 0 Å². The number of nitrogens with zero attached hydrogens (tertiary/aromatic N) is 2. The number of aromatic nitrogens is 1. The van der Waals surface area contributed by atoms with E-state index in [1.165, 1.54) is 24.6 Å². The van der Waals surface area contributed by atoms with E-state index in [-0.39, 0.29) is 30.4 Å². The van der Waals surface area contributed by atoms with Crippen molar-refractivity contribution in [3.05, 3.63) is 41.5 Å². The number of halogens is 5. The summed E-state index contributed by atoms with van der Waals surface area (Å²) in [5, 5.41) is 10.9. The van der Waals surface area contributed by atoms with Gasteiger partial charge in [-0.15, -0.1) is 0 Å². The third-order valence-corrected chi connectivity index (χ3v) is 4.09. The molecule has 1 heterocycles. The number of ether oxygens (including phenoxy) is 1. The van der Waals surface area contributed by atoms with Crippen molar-refractivity contribution in [3.63, 3.8) is 0 Å². The topological polar surface area (TPSA) is 118 Å². The van der Waals surface area contributed by atoms with Crippen LogP contribution in [0, 0.1) is 11.6 Å². The number of hydrogen-bond donors (Lipinski definition) is 3. The lowest BCUT2D eigenvalue weighted by Crippen LogP contribution is -2.32. The van der Waals surface area contributed by atoms with Crippen LogP contribution in [0.15, 0.2) is 24.3 Å². The normalized spacial score (nSPS) is 11.2. The minimum Gasteiger partial charge on any atom is -0.481 e. The summed E-state index contributed by atoms with van der Waals surface area (Å²) in [4.78, 5) is 27.4. The molecule has 0 aliphatic rings. The number of carbonyl (C=O) groups excluding carboxylic acids is 1. The summed E-state index contributed by atoms with van der Waals surface area (Å²) in [6.07, 6.45) is -7.26. The Kier molecular flexibility index (Phi) is 7.20. The second kappa shape index (κ2) is 9.45. The van der Waals surface area contributed by atoms with E-state index < -0.39 is 47.5 Å². The smallest absolute Gasteiger partial charge is 0.471 e. The van der Waals surface area contributed by atoms with Gasteiger partial charge >= 0.3 is 18.2 Å². The number of alkyl halides is 3. The molecule has 0 fully saturated rings. The van der Waals surface area contributed by atoms with Gasteiger partial charge in [0.2, 0.25) is 5.88 Å². The van der Waals surface area contributed by atoms with Crippen LogP contribution in [0.1, 0.15) is 12.0 Å². The van der Waals surface area contributed by atoms with E-state index in [4.69, 9.17) is 10.5 Å². The van der Waals surface area contributed by atoms with Crippen LogP contribution in [0.5, 0.6) is 5.88 Å². The van der Waals surface area contributed by atoms with Gasteiger partial charge in [0, 0.05) is 23.9 Å². The van der Waals surface area contributed by atoms with Gasteiger partial charge in [0.25, 0.3) is 0 Å². The maximum Gasteiger partial charge on any atom is 0.471 e. The van der Waals surface area contributed by atoms with E-state index >= 15 is 0 Å². The molecule has 8 nitrogen and oxygen atoms in total. The first-order valence-electron chi connectivity index (χ1n) is 8.61. The third kappa shape index (κ3) is 5.71. The zero-order valence-corrected chi connectivity index (χ0v) is 16.0. The molecule has 0 atom stereocenters. The van der Waals surface area contributed by atoms with E-state index in [2.05, 4.69) is 4.98 Å². The summed E-state index contributed by atoms with van der Waals surface area (Å²) in [6, 6.07) is 4.11. The zero-order chi connectivity index (χ0) is 23.3. The number of carboxylic acid groups (broad SMARTS) is 1. The van der Waals surface area contributed by atoms with Gasteiger partial charge in [0.15, 0.2) is 17.5 Å². The van der Waals surface area contributed by atoms with Gasteiger partial charge in [-0.3, -0.25) is 9.69 Å². The lowest BCUT2D eigenvalue weighted by molar-refractivity contribution is -0.167. The van der Waals surface area contributed by atoms with Crippen molar-refractivity contribution in [2.24, 2.45) is 0 Å². The fraction of sp³-hybridized carbons (Fsp3) is 0.278. The van der Waals surface area contributed by atoms with Crippen molar-refractivity contribution in [2.75, 3.05) is 29.6 Å². The first kappa shape index (κ1) is 23.6. The van der Waals surface area contributed by atoms with Crippen molar-refractivity contribution in [2.45, 2.75) is 19.0 Å². The molecule has 0 aliphatic carbocycles. The molecule has 1 aromatic heterocycles. The Labute approximate surface area is 172 Å². The summed E-state index contributed by atoms with van der Waals surface area (Å²) < 4.78 is 70.2. The predicted octanol–water partition coefficient (Wildman–Crippen LogP) is 3.57. The summed E-state index contributed by atoms with van der Waals surface area (Å²) in [6.45, 7) is -0.317. The number of pyridine rings is 1. The van der Waals surface area contributed by atoms with Gasteiger partial charge in [-0.25, -0.2) is 13.6 Å². The van der Waals surface area contributed by atoms with E-state index in [1.807, 2.05) is 0 Å². The molecular formula is C18H17F5N4O4. The fourth-order valence-electron chi connectivity index (χ4n) is 2.63. The largest absolute Gasteiger partial charge is 0.481 e. The molecule has 1 aromatic carbocycles. The molecule has 168 valence electrons. The van der Waals surface area contributed by atoms with Crippen LogP contribution >= 0.6 is 0 Å². The van der Waals surface area contributed by atoms with E-state index in [0.717, 1.165) is 11.0 Å². The van der Waals surface area contributed by atoms with E-state index in [9.17, 15) is 36.6 Å². The van der Waals surface area contributed by atoms with Crippen LogP contribution in [0.25, 0.3) is 0 Å². The lowest BCUT2D eigenvalue weighted by atomic mass is 10.1. The molecule has 0 unspecified atom stereocenters. The summed E-state index contributed by atoms with van der Waals surface area (Å²) in [7, 11) is 1.30. The van der Waals surface area contributed by atoms with Crippen molar-refractivity contribution >= 4 is 29.2 Å². The number of anilines is 3. The number of rotatable bonds is 7. The van der Waals surface area contributed by atoms with Gasteiger partial charge < -0.3 is 20.9 Å². The van der Waals surface area contributed by atoms with Crippen molar-refractivity contribution in [3.8, 4) is 5.88 Å².